The highest BCUT2D eigenvalue weighted by Gasteiger charge is 2.20. The van der Waals surface area contributed by atoms with Crippen molar-refractivity contribution in [2.24, 2.45) is 0 Å². The second-order valence-electron chi connectivity index (χ2n) is 12.7. The van der Waals surface area contributed by atoms with E-state index in [1.807, 2.05) is 70.5 Å². The van der Waals surface area contributed by atoms with Crippen molar-refractivity contribution in [2.45, 2.75) is 26.9 Å². The first kappa shape index (κ1) is 36.3. The lowest BCUT2D eigenvalue weighted by atomic mass is 10.1. The van der Waals surface area contributed by atoms with Crippen LogP contribution < -0.4 is 10.6 Å². The molecule has 1 saturated heterocycles. The highest BCUT2D eigenvalue weighted by Crippen LogP contribution is 2.20. The van der Waals surface area contributed by atoms with Gasteiger partial charge in [0.1, 0.15) is 0 Å². The van der Waals surface area contributed by atoms with Crippen molar-refractivity contribution in [1.82, 2.24) is 29.6 Å². The first-order valence-corrected chi connectivity index (χ1v) is 16.7. The topological polar surface area (TPSA) is 172 Å². The van der Waals surface area contributed by atoms with Gasteiger partial charge in [-0.05, 0) is 36.4 Å². The average Bonchev–Trinajstić information content (AvgIpc) is 3.04. The number of nitrogens with zero attached hydrogens (tertiary/aromatic N) is 6. The van der Waals surface area contributed by atoms with Crippen LogP contribution in [0.15, 0.2) is 60.7 Å². The molecule has 5 rings (SSSR count). The van der Waals surface area contributed by atoms with Crippen LogP contribution in [0, 0.1) is 0 Å². The summed E-state index contributed by atoms with van der Waals surface area (Å²) in [4.78, 5) is 64.8. The van der Waals surface area contributed by atoms with E-state index in [2.05, 4.69) is 20.4 Å². The maximum absolute atomic E-state index is 11.9. The monoisotopic (exact) mass is 684 g/mol. The lowest BCUT2D eigenvalue weighted by Gasteiger charge is -2.33. The summed E-state index contributed by atoms with van der Waals surface area (Å²) in [7, 11) is 0. The predicted molar refractivity (Wildman–Crippen MR) is 191 cm³/mol. The number of fused-ring (bicyclic) bond motifs is 2. The van der Waals surface area contributed by atoms with Crippen LogP contribution in [0.25, 0.3) is 21.8 Å². The van der Waals surface area contributed by atoms with Crippen molar-refractivity contribution >= 4 is 56.9 Å². The van der Waals surface area contributed by atoms with Crippen LogP contribution in [0.2, 0.25) is 0 Å². The number of amides is 2. The van der Waals surface area contributed by atoms with Gasteiger partial charge in [0, 0.05) is 101 Å². The minimum absolute atomic E-state index is 0.104. The third-order valence-electron chi connectivity index (χ3n) is 8.56. The van der Waals surface area contributed by atoms with E-state index in [9.17, 15) is 29.4 Å². The Bertz CT molecular complexity index is 1700. The number of carbonyl (C=O) groups excluding carboxylic acids is 2. The molecular formula is C36H44N8O6. The van der Waals surface area contributed by atoms with Crippen molar-refractivity contribution in [2.75, 3.05) is 76.1 Å². The minimum atomic E-state index is -0.903. The quantitative estimate of drug-likeness (QED) is 0.193. The molecule has 0 unspecified atom stereocenters. The van der Waals surface area contributed by atoms with Crippen molar-refractivity contribution in [1.29, 1.82) is 0 Å². The summed E-state index contributed by atoms with van der Waals surface area (Å²) in [5.41, 5.74) is 4.46. The van der Waals surface area contributed by atoms with E-state index in [4.69, 9.17) is 9.97 Å². The molecule has 2 amide bonds. The van der Waals surface area contributed by atoms with Crippen molar-refractivity contribution < 1.29 is 29.4 Å². The summed E-state index contributed by atoms with van der Waals surface area (Å²) in [6, 6.07) is 19.0. The van der Waals surface area contributed by atoms with E-state index in [0.717, 1.165) is 33.2 Å². The summed E-state index contributed by atoms with van der Waals surface area (Å²) < 4.78 is 0. The van der Waals surface area contributed by atoms with E-state index in [1.54, 1.807) is 0 Å². The number of carboxylic acids is 2. The van der Waals surface area contributed by atoms with Gasteiger partial charge >= 0.3 is 11.9 Å². The van der Waals surface area contributed by atoms with Gasteiger partial charge in [-0.2, -0.15) is 0 Å². The lowest BCUT2D eigenvalue weighted by Crippen LogP contribution is -2.47. The molecule has 0 bridgehead atoms. The van der Waals surface area contributed by atoms with Gasteiger partial charge in [0.05, 0.1) is 35.5 Å². The number of carboxylic acid groups (broad SMARTS) is 2. The summed E-state index contributed by atoms with van der Waals surface area (Å²) in [5.74, 6) is -2.13. The second-order valence-corrected chi connectivity index (χ2v) is 12.7. The molecular weight excluding hydrogens is 640 g/mol. The number of aliphatic carboxylic acids is 2. The zero-order chi connectivity index (χ0) is 35.6. The molecule has 264 valence electrons. The van der Waals surface area contributed by atoms with Gasteiger partial charge in [-0.15, -0.1) is 0 Å². The van der Waals surface area contributed by atoms with Gasteiger partial charge in [0.25, 0.3) is 0 Å². The van der Waals surface area contributed by atoms with Crippen LogP contribution in [0.5, 0.6) is 0 Å². The highest BCUT2D eigenvalue weighted by molar-refractivity contribution is 5.93. The lowest BCUT2D eigenvalue weighted by molar-refractivity contribution is -0.139. The first-order chi connectivity index (χ1) is 24.0. The maximum atomic E-state index is 11.9. The molecule has 0 aliphatic carbocycles. The number of hydrogen-bond acceptors (Lipinski definition) is 10. The third kappa shape index (κ3) is 11.0. The molecule has 3 heterocycles. The summed E-state index contributed by atoms with van der Waals surface area (Å²) in [6.07, 6.45) is 0. The number of pyridine rings is 2. The molecule has 4 aromatic rings. The van der Waals surface area contributed by atoms with Crippen molar-refractivity contribution in [3.05, 3.63) is 72.1 Å². The molecule has 50 heavy (non-hydrogen) atoms. The zero-order valence-corrected chi connectivity index (χ0v) is 28.5. The molecule has 14 heteroatoms. The van der Waals surface area contributed by atoms with Crippen molar-refractivity contribution in [3.63, 3.8) is 0 Å². The van der Waals surface area contributed by atoms with Crippen LogP contribution in [0.3, 0.4) is 0 Å². The smallest absolute Gasteiger partial charge is 0.317 e. The molecule has 2 aromatic carbocycles. The Kier molecular flexibility index (Phi) is 12.4. The average molecular weight is 685 g/mol. The number of nitrogens with one attached hydrogen (secondary N) is 2. The van der Waals surface area contributed by atoms with E-state index in [-0.39, 0.29) is 24.9 Å². The van der Waals surface area contributed by atoms with Gasteiger partial charge in [-0.3, -0.25) is 48.7 Å². The van der Waals surface area contributed by atoms with Gasteiger partial charge in [-0.25, -0.2) is 0 Å². The minimum Gasteiger partial charge on any atom is -0.480 e. The van der Waals surface area contributed by atoms with E-state index in [1.165, 1.54) is 13.8 Å². The van der Waals surface area contributed by atoms with Gasteiger partial charge in [-0.1, -0.05) is 24.3 Å². The maximum Gasteiger partial charge on any atom is 0.317 e. The summed E-state index contributed by atoms with van der Waals surface area (Å²) in [5, 5.41) is 26.9. The van der Waals surface area contributed by atoms with E-state index < -0.39 is 11.9 Å². The third-order valence-corrected chi connectivity index (χ3v) is 8.56. The largest absolute Gasteiger partial charge is 0.480 e. The van der Waals surface area contributed by atoms with Crippen LogP contribution in [-0.2, 0) is 32.3 Å². The van der Waals surface area contributed by atoms with Crippen molar-refractivity contribution in [3.8, 4) is 0 Å². The molecule has 14 nitrogen and oxygen atoms in total. The number of aromatic nitrogens is 2. The predicted octanol–water partition coefficient (Wildman–Crippen LogP) is 2.79. The molecule has 0 atom stereocenters. The van der Waals surface area contributed by atoms with Crippen LogP contribution in [-0.4, -0.2) is 129 Å². The number of benzene rings is 2. The second kappa shape index (κ2) is 17.1. The Morgan fingerprint density at radius 1 is 0.560 bits per heavy atom. The standard InChI is InChI=1S/C36H44N8O6/c1-25(45)37-29-7-3-27-5-9-31(39-33(27)19-29)21-41-11-15-43(23-35(47)48)17-13-42(14-18-44(16-12-41)24-36(49)50)22-32-10-6-28-4-8-30(38-26(2)46)20-34(28)40-32/h3-10,19-20H,11-18,21-24H2,1-2H3,(H,37,45)(H,38,46)(H,47,48)(H,49,50). The van der Waals surface area contributed by atoms with Gasteiger partial charge < -0.3 is 20.8 Å². The number of rotatable bonds is 10. The van der Waals surface area contributed by atoms with Crippen LogP contribution >= 0.6 is 0 Å². The molecule has 0 spiro atoms. The Hall–Kier alpha value is -5.02. The van der Waals surface area contributed by atoms with E-state index in [0.29, 0.717) is 76.8 Å². The zero-order valence-electron chi connectivity index (χ0n) is 28.5. The fraction of sp³-hybridized carbons (Fsp3) is 0.389. The fourth-order valence-corrected chi connectivity index (χ4v) is 6.11. The molecule has 1 aliphatic heterocycles. The molecule has 2 aromatic heterocycles. The van der Waals surface area contributed by atoms with Gasteiger partial charge in [0.2, 0.25) is 11.8 Å². The fourth-order valence-electron chi connectivity index (χ4n) is 6.11. The summed E-state index contributed by atoms with van der Waals surface area (Å²) >= 11 is 0. The van der Waals surface area contributed by atoms with Crippen LogP contribution in [0.4, 0.5) is 11.4 Å². The Morgan fingerprint density at radius 2 is 0.900 bits per heavy atom. The van der Waals surface area contributed by atoms with E-state index >= 15 is 0 Å². The Balaban J connectivity index is 1.33. The Labute approximate surface area is 290 Å². The molecule has 0 radical (unpaired) electrons. The molecule has 0 saturated carbocycles. The highest BCUT2D eigenvalue weighted by atomic mass is 16.4. The Morgan fingerprint density at radius 3 is 1.24 bits per heavy atom. The molecule has 1 aliphatic rings. The molecule has 1 fully saturated rings. The number of hydrogen-bond donors (Lipinski definition) is 4. The SMILES string of the molecule is CC(=O)Nc1ccc2ccc(CN3CCN(CC(=O)O)CCN(Cc4ccc5ccc(NC(C)=O)cc5n4)CCN(CC(=O)O)CC3)nc2c1. The normalized spacial score (nSPS) is 16.0. The first-order valence-electron chi connectivity index (χ1n) is 16.7. The van der Waals surface area contributed by atoms with Crippen LogP contribution in [0.1, 0.15) is 25.2 Å². The van der Waals surface area contributed by atoms with Gasteiger partial charge in [0.15, 0.2) is 0 Å². The molecule has 4 N–H and O–H groups in total. The number of anilines is 2. The summed E-state index contributed by atoms with van der Waals surface area (Å²) in [6.45, 7) is 7.92. The number of carbonyl (C=O) groups is 4.